The van der Waals surface area contributed by atoms with Crippen molar-refractivity contribution < 1.29 is 9.13 Å². The fourth-order valence-electron chi connectivity index (χ4n) is 2.47. The summed E-state index contributed by atoms with van der Waals surface area (Å²) in [5, 5.41) is 1.18. The number of aromatic nitrogens is 1. The van der Waals surface area contributed by atoms with Gasteiger partial charge in [0.15, 0.2) is 0 Å². The normalized spacial score (nSPS) is 11.0. The molecule has 3 aromatic rings. The zero-order valence-corrected chi connectivity index (χ0v) is 12.4. The zero-order valence-electron chi connectivity index (χ0n) is 11.6. The van der Waals surface area contributed by atoms with Gasteiger partial charge in [-0.05, 0) is 31.2 Å². The second-order valence-corrected chi connectivity index (χ2v) is 5.19. The minimum atomic E-state index is -0.359. The van der Waals surface area contributed by atoms with E-state index in [-0.39, 0.29) is 10.8 Å². The molecule has 0 spiro atoms. The number of hydrogen-bond donors (Lipinski definition) is 0. The van der Waals surface area contributed by atoms with Crippen molar-refractivity contribution in [3.8, 4) is 5.75 Å². The van der Waals surface area contributed by atoms with Crippen molar-refractivity contribution in [1.29, 1.82) is 0 Å². The van der Waals surface area contributed by atoms with E-state index < -0.39 is 0 Å². The summed E-state index contributed by atoms with van der Waals surface area (Å²) in [6.45, 7) is 3.01. The van der Waals surface area contributed by atoms with Crippen LogP contribution in [0.15, 0.2) is 48.7 Å². The summed E-state index contributed by atoms with van der Waals surface area (Å²) >= 11 is 5.83. The fraction of sp³-hybridized carbons (Fsp3) is 0.176. The Morgan fingerprint density at radius 1 is 1.14 bits per heavy atom. The molecule has 0 amide bonds. The number of halogens is 2. The quantitative estimate of drug-likeness (QED) is 0.670. The van der Waals surface area contributed by atoms with Crippen LogP contribution in [0.25, 0.3) is 10.9 Å². The van der Waals surface area contributed by atoms with Crippen LogP contribution in [-0.4, -0.2) is 11.2 Å². The van der Waals surface area contributed by atoms with Crippen molar-refractivity contribution in [3.63, 3.8) is 0 Å². The third-order valence-electron chi connectivity index (χ3n) is 3.45. The molecule has 1 aromatic heterocycles. The van der Waals surface area contributed by atoms with E-state index in [1.54, 1.807) is 18.2 Å². The average molecular weight is 304 g/mol. The van der Waals surface area contributed by atoms with Crippen LogP contribution < -0.4 is 4.74 Å². The Kier molecular flexibility index (Phi) is 3.84. The first-order valence-electron chi connectivity index (χ1n) is 6.84. The van der Waals surface area contributed by atoms with Gasteiger partial charge in [-0.2, -0.15) is 0 Å². The van der Waals surface area contributed by atoms with Crippen molar-refractivity contribution in [2.24, 2.45) is 0 Å². The predicted molar refractivity (Wildman–Crippen MR) is 83.6 cm³/mol. The van der Waals surface area contributed by atoms with Crippen molar-refractivity contribution in [2.45, 2.75) is 13.5 Å². The molecule has 0 radical (unpaired) electrons. The number of rotatable bonds is 4. The van der Waals surface area contributed by atoms with Gasteiger partial charge in [0.1, 0.15) is 11.6 Å². The van der Waals surface area contributed by atoms with Gasteiger partial charge in [0.25, 0.3) is 0 Å². The molecule has 0 aliphatic carbocycles. The van der Waals surface area contributed by atoms with Gasteiger partial charge in [0.05, 0.1) is 23.7 Å². The van der Waals surface area contributed by atoms with Crippen molar-refractivity contribution in [2.75, 3.05) is 6.61 Å². The van der Waals surface area contributed by atoms with Crippen LogP contribution in [0.4, 0.5) is 4.39 Å². The van der Waals surface area contributed by atoms with Gasteiger partial charge in [-0.15, -0.1) is 0 Å². The molecule has 1 heterocycles. The molecule has 0 saturated carbocycles. The summed E-state index contributed by atoms with van der Waals surface area (Å²) in [6.07, 6.45) is 1.94. The molecule has 3 rings (SSSR count). The average Bonchev–Trinajstić information content (AvgIpc) is 2.89. The zero-order chi connectivity index (χ0) is 14.8. The molecule has 0 N–H and O–H groups in total. The smallest absolute Gasteiger partial charge is 0.146 e. The summed E-state index contributed by atoms with van der Waals surface area (Å²) < 4.78 is 21.6. The topological polar surface area (TPSA) is 14.2 Å². The highest BCUT2D eigenvalue weighted by molar-refractivity contribution is 6.30. The van der Waals surface area contributed by atoms with Crippen LogP contribution in [-0.2, 0) is 6.54 Å². The lowest BCUT2D eigenvalue weighted by molar-refractivity contribution is 0.344. The van der Waals surface area contributed by atoms with Crippen LogP contribution >= 0.6 is 11.6 Å². The van der Waals surface area contributed by atoms with E-state index in [0.717, 1.165) is 16.7 Å². The van der Waals surface area contributed by atoms with E-state index in [1.807, 2.05) is 42.0 Å². The van der Waals surface area contributed by atoms with Crippen molar-refractivity contribution in [1.82, 2.24) is 4.57 Å². The van der Waals surface area contributed by atoms with E-state index in [0.29, 0.717) is 18.7 Å². The summed E-state index contributed by atoms with van der Waals surface area (Å²) in [5.41, 5.74) is 1.59. The van der Waals surface area contributed by atoms with Gasteiger partial charge in [0, 0.05) is 17.1 Å². The Labute approximate surface area is 127 Å². The first kappa shape index (κ1) is 14.0. The first-order chi connectivity index (χ1) is 10.2. The molecular weight excluding hydrogens is 289 g/mol. The molecule has 108 valence electrons. The molecule has 0 aliphatic rings. The van der Waals surface area contributed by atoms with E-state index in [4.69, 9.17) is 16.3 Å². The molecule has 4 heteroatoms. The van der Waals surface area contributed by atoms with Gasteiger partial charge >= 0.3 is 0 Å². The Hall–Kier alpha value is -2.00. The summed E-state index contributed by atoms with van der Waals surface area (Å²) in [6, 6.07) is 12.9. The van der Waals surface area contributed by atoms with Crippen LogP contribution in [0, 0.1) is 5.82 Å². The van der Waals surface area contributed by atoms with E-state index in [1.165, 1.54) is 0 Å². The number of nitrogens with zero attached hydrogens (tertiary/aromatic N) is 1. The monoisotopic (exact) mass is 303 g/mol. The van der Waals surface area contributed by atoms with Gasteiger partial charge in [-0.1, -0.05) is 29.8 Å². The molecule has 2 aromatic carbocycles. The number of benzene rings is 2. The Morgan fingerprint density at radius 3 is 2.76 bits per heavy atom. The van der Waals surface area contributed by atoms with Gasteiger partial charge in [-0.3, -0.25) is 0 Å². The third kappa shape index (κ3) is 2.61. The van der Waals surface area contributed by atoms with Crippen LogP contribution in [0.3, 0.4) is 0 Å². The second-order valence-electron chi connectivity index (χ2n) is 4.78. The Balaban J connectivity index is 2.02. The van der Waals surface area contributed by atoms with Crippen LogP contribution in [0.5, 0.6) is 5.75 Å². The van der Waals surface area contributed by atoms with Crippen molar-refractivity contribution >= 4 is 22.5 Å². The molecule has 0 bridgehead atoms. The fourth-order valence-corrected chi connectivity index (χ4v) is 2.66. The minimum absolute atomic E-state index is 0.152. The lowest BCUT2D eigenvalue weighted by Gasteiger charge is -2.09. The van der Waals surface area contributed by atoms with E-state index >= 15 is 0 Å². The summed E-state index contributed by atoms with van der Waals surface area (Å²) in [7, 11) is 0. The van der Waals surface area contributed by atoms with Crippen LogP contribution in [0.2, 0.25) is 5.02 Å². The number of ether oxygens (including phenoxy) is 1. The lowest BCUT2D eigenvalue weighted by atomic mass is 10.2. The van der Waals surface area contributed by atoms with E-state index in [9.17, 15) is 4.39 Å². The summed E-state index contributed by atoms with van der Waals surface area (Å²) in [5.74, 6) is 0.488. The molecule has 0 unspecified atom stereocenters. The second kappa shape index (κ2) is 5.78. The predicted octanol–water partition coefficient (Wildman–Crippen LogP) is 4.88. The Bertz CT molecular complexity index is 782. The van der Waals surface area contributed by atoms with Gasteiger partial charge in [0.2, 0.25) is 0 Å². The SMILES string of the molecule is CCOc1cccc2c1ccn2Cc1cccc(Cl)c1F. The molecule has 0 aliphatic heterocycles. The maximum atomic E-state index is 14.0. The van der Waals surface area contributed by atoms with Gasteiger partial charge in [-0.25, -0.2) is 4.39 Å². The minimum Gasteiger partial charge on any atom is -0.493 e. The lowest BCUT2D eigenvalue weighted by Crippen LogP contribution is -2.01. The number of hydrogen-bond acceptors (Lipinski definition) is 1. The molecule has 2 nitrogen and oxygen atoms in total. The molecular formula is C17H15ClFNO. The molecule has 0 saturated heterocycles. The summed E-state index contributed by atoms with van der Waals surface area (Å²) in [4.78, 5) is 0. The molecule has 21 heavy (non-hydrogen) atoms. The van der Waals surface area contributed by atoms with E-state index in [2.05, 4.69) is 0 Å². The largest absolute Gasteiger partial charge is 0.493 e. The third-order valence-corrected chi connectivity index (χ3v) is 3.74. The molecule has 0 fully saturated rings. The molecule has 0 atom stereocenters. The van der Waals surface area contributed by atoms with Crippen LogP contribution in [0.1, 0.15) is 12.5 Å². The van der Waals surface area contributed by atoms with Crippen molar-refractivity contribution in [3.05, 3.63) is 65.1 Å². The maximum absolute atomic E-state index is 14.0. The van der Waals surface area contributed by atoms with Gasteiger partial charge < -0.3 is 9.30 Å². The highest BCUT2D eigenvalue weighted by Gasteiger charge is 2.10. The first-order valence-corrected chi connectivity index (χ1v) is 7.22. The highest BCUT2D eigenvalue weighted by Crippen LogP contribution is 2.28. The number of fused-ring (bicyclic) bond motifs is 1. The maximum Gasteiger partial charge on any atom is 0.146 e. The standard InChI is InChI=1S/C17H15ClFNO/c1-2-21-16-8-4-7-15-13(16)9-10-20(15)11-12-5-3-6-14(18)17(12)19/h3-10H,2,11H2,1H3. The highest BCUT2D eigenvalue weighted by atomic mass is 35.5. The Morgan fingerprint density at radius 2 is 1.95 bits per heavy atom.